The average molecular weight is 338 g/mol. The minimum atomic E-state index is -0.171. The number of para-hydroxylation sites is 1. The summed E-state index contributed by atoms with van der Waals surface area (Å²) < 4.78 is 5.36. The number of halogens is 1. The summed E-state index contributed by atoms with van der Waals surface area (Å²) in [6, 6.07) is 6.99. The number of benzene rings is 1. The lowest BCUT2D eigenvalue weighted by Crippen LogP contribution is -3.00. The first-order valence-corrected chi connectivity index (χ1v) is 7.34. The summed E-state index contributed by atoms with van der Waals surface area (Å²) in [5, 5.41) is 4.30. The number of hydrogen-bond donors (Lipinski definition) is 2. The van der Waals surface area contributed by atoms with E-state index in [1.807, 2.05) is 0 Å². The van der Waals surface area contributed by atoms with Gasteiger partial charge in [-0.25, -0.2) is 5.43 Å². The van der Waals surface area contributed by atoms with Crippen LogP contribution in [0.4, 0.5) is 0 Å². The Morgan fingerprint density at radius 1 is 1.26 bits per heavy atom. The van der Waals surface area contributed by atoms with Gasteiger partial charge >= 0.3 is 0 Å². The summed E-state index contributed by atoms with van der Waals surface area (Å²) in [4.78, 5) is 23.7. The third-order valence-corrected chi connectivity index (χ3v) is 3.25. The lowest BCUT2D eigenvalue weighted by Gasteiger charge is -1.99. The molecule has 0 fully saturated rings. The Balaban J connectivity index is 0.00000264. The van der Waals surface area contributed by atoms with Crippen molar-refractivity contribution in [2.45, 2.75) is 25.7 Å². The fraction of sp³-hybridized carbons (Fsp3) is 0.312. The van der Waals surface area contributed by atoms with Crippen LogP contribution in [0.5, 0.6) is 0 Å². The Kier molecular flexibility index (Phi) is 8.01. The van der Waals surface area contributed by atoms with Crippen LogP contribution in [-0.2, 0) is 4.79 Å². The lowest BCUT2D eigenvalue weighted by molar-refractivity contribution is -0.368. The summed E-state index contributed by atoms with van der Waals surface area (Å²) in [6.45, 7) is 0.886. The Bertz CT molecular complexity index is 728. The van der Waals surface area contributed by atoms with Gasteiger partial charge in [-0.2, -0.15) is 5.10 Å². The third kappa shape index (κ3) is 5.50. The molecule has 0 aliphatic heterocycles. The molecule has 2 rings (SSSR count). The predicted molar refractivity (Wildman–Crippen MR) is 84.4 cm³/mol. The third-order valence-electron chi connectivity index (χ3n) is 3.25. The van der Waals surface area contributed by atoms with Crippen LogP contribution in [0.2, 0.25) is 0 Å². The van der Waals surface area contributed by atoms with Gasteiger partial charge in [0.2, 0.25) is 11.3 Å². The highest BCUT2D eigenvalue weighted by atomic mass is 35.5. The van der Waals surface area contributed by atoms with Crippen LogP contribution in [0.1, 0.15) is 31.2 Å². The van der Waals surface area contributed by atoms with Gasteiger partial charge in [0.15, 0.2) is 0 Å². The molecule has 0 aliphatic carbocycles. The van der Waals surface area contributed by atoms with Gasteiger partial charge in [0.25, 0.3) is 0 Å². The molecule has 0 atom stereocenters. The molecule has 1 heterocycles. The van der Waals surface area contributed by atoms with Crippen LogP contribution >= 0.6 is 0 Å². The van der Waals surface area contributed by atoms with Crippen molar-refractivity contribution in [3.8, 4) is 0 Å². The Morgan fingerprint density at radius 3 is 2.83 bits per heavy atom. The molecule has 1 aromatic carbocycles. The van der Waals surface area contributed by atoms with Crippen molar-refractivity contribution in [3.05, 3.63) is 46.3 Å². The monoisotopic (exact) mass is 337 g/mol. The van der Waals surface area contributed by atoms with Crippen LogP contribution in [-0.4, -0.2) is 18.7 Å². The molecule has 124 valence electrons. The highest BCUT2D eigenvalue weighted by Gasteiger charge is 2.04. The molecule has 0 bridgehead atoms. The highest BCUT2D eigenvalue weighted by molar-refractivity contribution is 5.87. The molecule has 1 aromatic heterocycles. The SMILES string of the molecule is [Cl-].[NH3+]CCCCCC(=O)NN=Cc1coc2ccccc2c1=O. The van der Waals surface area contributed by atoms with Crippen molar-refractivity contribution in [2.75, 3.05) is 6.54 Å². The van der Waals surface area contributed by atoms with Crippen molar-refractivity contribution in [1.29, 1.82) is 0 Å². The van der Waals surface area contributed by atoms with Gasteiger partial charge in [0.1, 0.15) is 11.8 Å². The molecule has 0 saturated carbocycles. The number of nitrogens with one attached hydrogen (secondary N) is 1. The van der Waals surface area contributed by atoms with Crippen molar-refractivity contribution in [2.24, 2.45) is 5.10 Å². The smallest absolute Gasteiger partial charge is 0.240 e. The van der Waals surface area contributed by atoms with Gasteiger partial charge in [-0.1, -0.05) is 12.1 Å². The Hall–Kier alpha value is -2.18. The first kappa shape index (κ1) is 18.9. The molecule has 0 unspecified atom stereocenters. The summed E-state index contributed by atoms with van der Waals surface area (Å²) in [5.41, 5.74) is 6.83. The van der Waals surface area contributed by atoms with E-state index in [0.717, 1.165) is 25.8 Å². The molecule has 23 heavy (non-hydrogen) atoms. The fourth-order valence-electron chi connectivity index (χ4n) is 2.05. The number of hydrogen-bond acceptors (Lipinski definition) is 4. The lowest BCUT2D eigenvalue weighted by atomic mass is 10.2. The van der Waals surface area contributed by atoms with Crippen LogP contribution in [0, 0.1) is 0 Å². The molecule has 1 amide bonds. The van der Waals surface area contributed by atoms with Gasteiger partial charge in [-0.05, 0) is 31.4 Å². The van der Waals surface area contributed by atoms with E-state index in [4.69, 9.17) is 4.42 Å². The number of carbonyl (C=O) groups excluding carboxylic acids is 1. The topological polar surface area (TPSA) is 99.3 Å². The molecule has 4 N–H and O–H groups in total. The minimum absolute atomic E-state index is 0. The minimum Gasteiger partial charge on any atom is -1.00 e. The van der Waals surface area contributed by atoms with Gasteiger partial charge in [0.05, 0.1) is 23.7 Å². The van der Waals surface area contributed by atoms with Gasteiger partial charge in [0, 0.05) is 6.42 Å². The van der Waals surface area contributed by atoms with Crippen molar-refractivity contribution in [3.63, 3.8) is 0 Å². The average Bonchev–Trinajstić information content (AvgIpc) is 2.54. The maximum absolute atomic E-state index is 12.2. The number of rotatable bonds is 7. The highest BCUT2D eigenvalue weighted by Crippen LogP contribution is 2.09. The number of fused-ring (bicyclic) bond motifs is 1. The van der Waals surface area contributed by atoms with E-state index >= 15 is 0 Å². The van der Waals surface area contributed by atoms with Crippen LogP contribution in [0.15, 0.2) is 44.8 Å². The van der Waals surface area contributed by atoms with E-state index in [2.05, 4.69) is 16.3 Å². The van der Waals surface area contributed by atoms with Crippen molar-refractivity contribution < 1.29 is 27.4 Å². The van der Waals surface area contributed by atoms with Crippen molar-refractivity contribution >= 4 is 23.1 Å². The van der Waals surface area contributed by atoms with E-state index in [1.54, 1.807) is 24.3 Å². The van der Waals surface area contributed by atoms with Gasteiger partial charge in [-0.15, -0.1) is 0 Å². The predicted octanol–water partition coefficient (Wildman–Crippen LogP) is -1.95. The van der Waals surface area contributed by atoms with Crippen LogP contribution in [0.3, 0.4) is 0 Å². The molecule has 0 saturated heterocycles. The van der Waals surface area contributed by atoms with E-state index in [-0.39, 0.29) is 23.7 Å². The Morgan fingerprint density at radius 2 is 2.04 bits per heavy atom. The normalized spacial score (nSPS) is 10.7. The number of quaternary nitrogens is 1. The van der Waals surface area contributed by atoms with E-state index in [0.29, 0.717) is 23.0 Å². The molecular weight excluding hydrogens is 318 g/mol. The zero-order valence-corrected chi connectivity index (χ0v) is 13.5. The summed E-state index contributed by atoms with van der Waals surface area (Å²) in [6.07, 6.45) is 5.89. The molecule has 0 radical (unpaired) electrons. The van der Waals surface area contributed by atoms with Gasteiger partial charge < -0.3 is 22.6 Å². The number of unbranched alkanes of at least 4 members (excludes halogenated alkanes) is 2. The second-order valence-electron chi connectivity index (χ2n) is 4.97. The quantitative estimate of drug-likeness (QED) is 0.349. The summed E-state index contributed by atoms with van der Waals surface area (Å²) >= 11 is 0. The zero-order valence-electron chi connectivity index (χ0n) is 12.8. The van der Waals surface area contributed by atoms with Crippen LogP contribution in [0.25, 0.3) is 11.0 Å². The number of nitrogens with zero attached hydrogens (tertiary/aromatic N) is 1. The fourth-order valence-corrected chi connectivity index (χ4v) is 2.05. The van der Waals surface area contributed by atoms with Gasteiger partial charge in [-0.3, -0.25) is 9.59 Å². The second-order valence-corrected chi connectivity index (χ2v) is 4.97. The number of amides is 1. The number of hydrazone groups is 1. The molecule has 2 aromatic rings. The van der Waals surface area contributed by atoms with E-state index in [1.165, 1.54) is 12.5 Å². The summed E-state index contributed by atoms with van der Waals surface area (Å²) in [5.74, 6) is -0.162. The van der Waals surface area contributed by atoms with E-state index < -0.39 is 0 Å². The standard InChI is InChI=1S/C16H19N3O3.ClH/c17-9-5-1-2-8-15(20)19-18-10-12-11-22-14-7-4-3-6-13(14)16(12)21;/h3-4,6-7,10-11H,1-2,5,8-9,17H2,(H,19,20);1H. The maximum Gasteiger partial charge on any atom is 0.240 e. The molecule has 0 spiro atoms. The first-order chi connectivity index (χ1) is 10.7. The molecule has 6 nitrogen and oxygen atoms in total. The maximum atomic E-state index is 12.2. The molecule has 0 aliphatic rings. The van der Waals surface area contributed by atoms with Crippen LogP contribution < -0.4 is 29.0 Å². The molecular formula is C16H20ClN3O3. The van der Waals surface area contributed by atoms with Crippen molar-refractivity contribution in [1.82, 2.24) is 5.43 Å². The molecule has 7 heteroatoms. The number of carbonyl (C=O) groups is 1. The van der Waals surface area contributed by atoms with E-state index in [9.17, 15) is 9.59 Å². The summed E-state index contributed by atoms with van der Waals surface area (Å²) in [7, 11) is 0. The Labute approximate surface area is 140 Å². The zero-order chi connectivity index (χ0) is 15.8. The second kappa shape index (κ2) is 9.76. The largest absolute Gasteiger partial charge is 1.00 e. The first-order valence-electron chi connectivity index (χ1n) is 7.34.